The van der Waals surface area contributed by atoms with Crippen molar-refractivity contribution in [3.8, 4) is 0 Å². The summed E-state index contributed by atoms with van der Waals surface area (Å²) in [6.45, 7) is 2.14. The van der Waals surface area contributed by atoms with Gasteiger partial charge in [0.05, 0.1) is 6.04 Å². The Morgan fingerprint density at radius 2 is 1.93 bits per heavy atom. The molecule has 1 saturated heterocycles. The lowest BCUT2D eigenvalue weighted by Gasteiger charge is -2.25. The smallest absolute Gasteiger partial charge is 0.224 e. The summed E-state index contributed by atoms with van der Waals surface area (Å²) in [7, 11) is 0. The van der Waals surface area contributed by atoms with Crippen LogP contribution in [0.5, 0.6) is 0 Å². The van der Waals surface area contributed by atoms with Gasteiger partial charge in [-0.3, -0.25) is 9.59 Å². The quantitative estimate of drug-likeness (QED) is 0.766. The molecule has 140 valence electrons. The first-order valence-electron chi connectivity index (χ1n) is 9.67. The zero-order chi connectivity index (χ0) is 18.8. The maximum atomic E-state index is 11.7. The lowest BCUT2D eigenvalue weighted by molar-refractivity contribution is -0.123. The van der Waals surface area contributed by atoms with Crippen LogP contribution in [0.25, 0.3) is 0 Å². The maximum Gasteiger partial charge on any atom is 0.224 e. The highest BCUT2D eigenvalue weighted by Crippen LogP contribution is 2.29. The van der Waals surface area contributed by atoms with E-state index in [1.165, 1.54) is 11.1 Å². The van der Waals surface area contributed by atoms with Crippen LogP contribution < -0.4 is 16.0 Å². The fraction of sp³-hybridized carbons (Fsp3) is 0.364. The molecular weight excluding hydrogens is 338 g/mol. The van der Waals surface area contributed by atoms with Gasteiger partial charge in [-0.25, -0.2) is 0 Å². The molecule has 2 amide bonds. The fourth-order valence-corrected chi connectivity index (χ4v) is 3.91. The van der Waals surface area contributed by atoms with Crippen molar-refractivity contribution < 1.29 is 9.59 Å². The van der Waals surface area contributed by atoms with E-state index < -0.39 is 0 Å². The molecule has 0 aliphatic carbocycles. The fourth-order valence-electron chi connectivity index (χ4n) is 3.91. The first kappa shape index (κ1) is 17.6. The zero-order valence-corrected chi connectivity index (χ0v) is 15.5. The van der Waals surface area contributed by atoms with Gasteiger partial charge >= 0.3 is 0 Å². The molecule has 2 aromatic rings. The largest absolute Gasteiger partial charge is 0.379 e. The predicted molar refractivity (Wildman–Crippen MR) is 107 cm³/mol. The summed E-state index contributed by atoms with van der Waals surface area (Å²) in [5.41, 5.74) is 5.51. The van der Waals surface area contributed by atoms with Gasteiger partial charge in [-0.15, -0.1) is 0 Å². The normalized spacial score (nSPS) is 20.3. The van der Waals surface area contributed by atoms with Crippen molar-refractivity contribution in [1.82, 2.24) is 5.32 Å². The van der Waals surface area contributed by atoms with Gasteiger partial charge in [-0.05, 0) is 61.1 Å². The summed E-state index contributed by atoms with van der Waals surface area (Å²) < 4.78 is 0. The molecule has 0 bridgehead atoms. The number of piperidine rings is 1. The van der Waals surface area contributed by atoms with Crippen LogP contribution in [0.3, 0.4) is 0 Å². The van der Waals surface area contributed by atoms with Crippen molar-refractivity contribution in [2.75, 3.05) is 10.6 Å². The second kappa shape index (κ2) is 7.43. The number of carbonyl (C=O) groups excluding carboxylic acids is 2. The number of aryl methyl sites for hydroxylation is 1. The summed E-state index contributed by atoms with van der Waals surface area (Å²) in [5.74, 6) is 0.229. The van der Waals surface area contributed by atoms with Crippen LogP contribution in [0.4, 0.5) is 11.4 Å². The van der Waals surface area contributed by atoms with E-state index >= 15 is 0 Å². The molecule has 5 heteroatoms. The molecular formula is C22H25N3O2. The summed E-state index contributed by atoms with van der Waals surface area (Å²) in [6.07, 6.45) is 3.90. The number of carbonyl (C=O) groups is 2. The van der Waals surface area contributed by atoms with Gasteiger partial charge in [0.2, 0.25) is 11.8 Å². The van der Waals surface area contributed by atoms with Crippen LogP contribution in [0, 0.1) is 0 Å². The lowest BCUT2D eigenvalue weighted by Crippen LogP contribution is -2.32. The van der Waals surface area contributed by atoms with Crippen molar-refractivity contribution in [3.63, 3.8) is 0 Å². The van der Waals surface area contributed by atoms with Crippen LogP contribution in [0.2, 0.25) is 0 Å². The topological polar surface area (TPSA) is 70.2 Å². The Balaban J connectivity index is 1.48. The highest BCUT2D eigenvalue weighted by atomic mass is 16.2. The van der Waals surface area contributed by atoms with E-state index in [4.69, 9.17) is 0 Å². The molecule has 0 spiro atoms. The van der Waals surface area contributed by atoms with E-state index in [1.54, 1.807) is 0 Å². The number of rotatable bonds is 4. The van der Waals surface area contributed by atoms with Crippen molar-refractivity contribution in [1.29, 1.82) is 0 Å². The van der Waals surface area contributed by atoms with Crippen LogP contribution in [-0.2, 0) is 16.0 Å². The van der Waals surface area contributed by atoms with Crippen LogP contribution in [0.15, 0.2) is 42.5 Å². The average molecular weight is 363 g/mol. The summed E-state index contributed by atoms with van der Waals surface area (Å²) in [4.78, 5) is 23.2. The number of fused-ring (bicyclic) bond motifs is 1. The maximum absolute atomic E-state index is 11.7. The third-order valence-corrected chi connectivity index (χ3v) is 5.43. The standard InChI is InChI=1S/C22H25N3O2/c1-14(15-8-10-20-17(12-15)9-11-22(27)25-20)23-18-5-2-4-16(13-18)19-6-3-7-21(26)24-19/h2,4-5,8,10,12-14,19,23H,3,6-7,9,11H2,1H3,(H,24,26)(H,25,27). The van der Waals surface area contributed by atoms with Crippen LogP contribution in [0.1, 0.15) is 61.4 Å². The number of amides is 2. The molecule has 4 rings (SSSR count). The van der Waals surface area contributed by atoms with Gasteiger partial charge in [-0.1, -0.05) is 24.3 Å². The minimum atomic E-state index is 0.0908. The molecule has 2 aliphatic heterocycles. The van der Waals surface area contributed by atoms with E-state index in [1.807, 2.05) is 12.1 Å². The van der Waals surface area contributed by atoms with Crippen molar-refractivity contribution in [3.05, 3.63) is 59.2 Å². The number of anilines is 2. The summed E-state index contributed by atoms with van der Waals surface area (Å²) in [5, 5.41) is 9.58. The molecule has 5 nitrogen and oxygen atoms in total. The molecule has 0 saturated carbocycles. The number of benzene rings is 2. The van der Waals surface area contributed by atoms with Gasteiger partial charge in [-0.2, -0.15) is 0 Å². The molecule has 2 heterocycles. The van der Waals surface area contributed by atoms with Gasteiger partial charge < -0.3 is 16.0 Å². The Labute approximate surface area is 159 Å². The SMILES string of the molecule is CC(Nc1cccc(C2CCCC(=O)N2)c1)c1ccc2c(c1)CCC(=O)N2. The molecule has 0 radical (unpaired) electrons. The number of nitrogens with one attached hydrogen (secondary N) is 3. The highest BCUT2D eigenvalue weighted by Gasteiger charge is 2.20. The van der Waals surface area contributed by atoms with Crippen molar-refractivity contribution in [2.24, 2.45) is 0 Å². The zero-order valence-electron chi connectivity index (χ0n) is 15.5. The second-order valence-corrected chi connectivity index (χ2v) is 7.47. The Morgan fingerprint density at radius 3 is 2.78 bits per heavy atom. The molecule has 2 aromatic carbocycles. The Bertz CT molecular complexity index is 878. The van der Waals surface area contributed by atoms with Crippen molar-refractivity contribution >= 4 is 23.2 Å². The monoisotopic (exact) mass is 363 g/mol. The summed E-state index contributed by atoms with van der Waals surface area (Å²) in [6, 6.07) is 14.8. The second-order valence-electron chi connectivity index (χ2n) is 7.47. The third-order valence-electron chi connectivity index (χ3n) is 5.43. The molecule has 3 N–H and O–H groups in total. The Morgan fingerprint density at radius 1 is 1.04 bits per heavy atom. The molecule has 2 atom stereocenters. The molecule has 1 fully saturated rings. The van der Waals surface area contributed by atoms with Gasteiger partial charge in [0.25, 0.3) is 0 Å². The summed E-state index contributed by atoms with van der Waals surface area (Å²) >= 11 is 0. The Kier molecular flexibility index (Phi) is 4.84. The number of hydrogen-bond acceptors (Lipinski definition) is 3. The Hall–Kier alpha value is -2.82. The van der Waals surface area contributed by atoms with Gasteiger partial charge in [0.1, 0.15) is 0 Å². The van der Waals surface area contributed by atoms with Gasteiger partial charge in [0.15, 0.2) is 0 Å². The van der Waals surface area contributed by atoms with Crippen LogP contribution in [-0.4, -0.2) is 11.8 Å². The molecule has 27 heavy (non-hydrogen) atoms. The number of hydrogen-bond donors (Lipinski definition) is 3. The van der Waals surface area contributed by atoms with E-state index in [0.29, 0.717) is 12.8 Å². The minimum Gasteiger partial charge on any atom is -0.379 e. The lowest BCUT2D eigenvalue weighted by atomic mass is 9.96. The average Bonchev–Trinajstić information content (AvgIpc) is 2.67. The predicted octanol–water partition coefficient (Wildman–Crippen LogP) is 4.09. The van der Waals surface area contributed by atoms with E-state index in [2.05, 4.69) is 53.2 Å². The van der Waals surface area contributed by atoms with Crippen molar-refractivity contribution in [2.45, 2.75) is 51.1 Å². The molecule has 2 aliphatic rings. The molecule has 0 aromatic heterocycles. The van der Waals surface area contributed by atoms with E-state index in [9.17, 15) is 9.59 Å². The third kappa shape index (κ3) is 3.97. The first-order chi connectivity index (χ1) is 13.1. The highest BCUT2D eigenvalue weighted by molar-refractivity contribution is 5.93. The van der Waals surface area contributed by atoms with Crippen LogP contribution >= 0.6 is 0 Å². The minimum absolute atomic E-state index is 0.0908. The van der Waals surface area contributed by atoms with E-state index in [0.717, 1.165) is 36.2 Å². The first-order valence-corrected chi connectivity index (χ1v) is 9.67. The van der Waals surface area contributed by atoms with E-state index in [-0.39, 0.29) is 23.9 Å². The molecule has 2 unspecified atom stereocenters. The van der Waals surface area contributed by atoms with Gasteiger partial charge in [0, 0.05) is 30.3 Å².